The molecular weight excluding hydrogens is 742 g/mol. The fourth-order valence-electron chi connectivity index (χ4n) is 5.86. The van der Waals surface area contributed by atoms with Gasteiger partial charge in [-0.2, -0.15) is 12.7 Å². The molecule has 0 N–H and O–H groups in total. The molecule has 12 nitrogen and oxygen atoms in total. The van der Waals surface area contributed by atoms with Crippen LogP contribution in [0.15, 0.2) is 113 Å². The maximum Gasteiger partial charge on any atom is 0.332 e. The van der Waals surface area contributed by atoms with Crippen molar-refractivity contribution < 1.29 is 40.1 Å². The van der Waals surface area contributed by atoms with Crippen LogP contribution in [-0.4, -0.2) is 75.3 Å². The lowest BCUT2D eigenvalue weighted by Crippen LogP contribution is -2.41. The molecule has 4 aromatic carbocycles. The minimum atomic E-state index is -4.13. The van der Waals surface area contributed by atoms with Crippen molar-refractivity contribution in [2.24, 2.45) is 0 Å². The Hall–Kier alpha value is -4.60. The molecule has 2 unspecified atom stereocenters. The predicted molar refractivity (Wildman–Crippen MR) is 199 cm³/mol. The normalized spacial score (nSPS) is 19.2. The maximum atomic E-state index is 13.2. The first-order valence-corrected chi connectivity index (χ1v) is 20.0. The summed E-state index contributed by atoms with van der Waals surface area (Å²) in [6.45, 7) is 7.21. The lowest BCUT2D eigenvalue weighted by Gasteiger charge is -2.22. The fourth-order valence-corrected chi connectivity index (χ4v) is 8.69. The number of sulfonamides is 1. The average molecular weight is 782 g/mol. The Morgan fingerprint density at radius 1 is 0.811 bits per heavy atom. The Labute approximate surface area is 315 Å². The third-order valence-electron chi connectivity index (χ3n) is 8.74. The van der Waals surface area contributed by atoms with Gasteiger partial charge in [-0.25, -0.2) is 18.1 Å². The summed E-state index contributed by atoms with van der Waals surface area (Å²) in [5, 5.41) is 0.567. The van der Waals surface area contributed by atoms with Crippen LogP contribution in [0.25, 0.3) is 0 Å². The van der Waals surface area contributed by atoms with Crippen LogP contribution in [0.3, 0.4) is 0 Å². The first kappa shape index (κ1) is 39.6. The van der Waals surface area contributed by atoms with Crippen LogP contribution in [-0.2, 0) is 45.2 Å². The summed E-state index contributed by atoms with van der Waals surface area (Å²) >= 11 is 5.86. The van der Waals surface area contributed by atoms with Gasteiger partial charge in [0.15, 0.2) is 0 Å². The van der Waals surface area contributed by atoms with Gasteiger partial charge < -0.3 is 9.64 Å². The highest BCUT2D eigenvalue weighted by atomic mass is 35.5. The van der Waals surface area contributed by atoms with Gasteiger partial charge in [-0.1, -0.05) is 77.3 Å². The highest BCUT2D eigenvalue weighted by Crippen LogP contribution is 2.31. The van der Waals surface area contributed by atoms with E-state index < -0.39 is 44.3 Å². The highest BCUT2D eigenvalue weighted by molar-refractivity contribution is 7.89. The van der Waals surface area contributed by atoms with E-state index in [4.69, 9.17) is 20.5 Å². The number of anilines is 1. The molecule has 53 heavy (non-hydrogen) atoms. The summed E-state index contributed by atoms with van der Waals surface area (Å²) in [6.07, 6.45) is -1.16. The predicted octanol–water partition coefficient (Wildman–Crippen LogP) is 6.10. The van der Waals surface area contributed by atoms with E-state index in [1.165, 1.54) is 29.2 Å². The standard InChI is InChI=1S/C21H25NO7S2.C17H15ClN2O2/c1-4-28-21(23)20-13-17(29-31(26,27)19-11-7-16(3)8-12-19)14-22(20)30(24,25)18-9-5-15(2)6-10-18;1-12-16(21)20(15-9-7-14(18)8-10-15)17(22)19(12)11-13-5-3-2-4-6-13/h5-12,17,20H,4,13-14H2,1-3H3;2-10,12H,11H2,1H3/t17?,20-;/m1./s1. The van der Waals surface area contributed by atoms with Gasteiger partial charge in [-0.15, -0.1) is 0 Å². The topological polar surface area (TPSA) is 148 Å². The summed E-state index contributed by atoms with van der Waals surface area (Å²) in [5.41, 5.74) is 3.31. The van der Waals surface area contributed by atoms with E-state index in [9.17, 15) is 31.2 Å². The fraction of sp³-hybridized carbons (Fsp3) is 0.289. The first-order chi connectivity index (χ1) is 25.1. The molecule has 2 heterocycles. The summed E-state index contributed by atoms with van der Waals surface area (Å²) in [6, 6.07) is 26.7. The van der Waals surface area contributed by atoms with Gasteiger partial charge in [0, 0.05) is 24.5 Å². The van der Waals surface area contributed by atoms with Crippen LogP contribution in [0.5, 0.6) is 0 Å². The smallest absolute Gasteiger partial charge is 0.332 e. The molecule has 280 valence electrons. The number of amides is 3. The quantitative estimate of drug-likeness (QED) is 0.106. The van der Waals surface area contributed by atoms with Gasteiger partial charge in [-0.3, -0.25) is 13.8 Å². The molecule has 0 bridgehead atoms. The molecule has 0 saturated carbocycles. The number of ether oxygens (including phenoxy) is 1. The number of aryl methyl sites for hydroxylation is 2. The van der Waals surface area contributed by atoms with Crippen molar-refractivity contribution in [3.05, 3.63) is 125 Å². The van der Waals surface area contributed by atoms with E-state index in [0.717, 1.165) is 21.0 Å². The summed E-state index contributed by atoms with van der Waals surface area (Å²) in [5.74, 6) is -0.958. The lowest BCUT2D eigenvalue weighted by molar-refractivity contribution is -0.147. The second-order valence-electron chi connectivity index (χ2n) is 12.6. The van der Waals surface area contributed by atoms with Gasteiger partial charge in [0.05, 0.1) is 28.2 Å². The Bertz CT molecular complexity index is 2150. The molecule has 2 aliphatic rings. The summed E-state index contributed by atoms with van der Waals surface area (Å²) in [4.78, 5) is 40.3. The third kappa shape index (κ3) is 9.14. The van der Waals surface area contributed by atoms with Crippen LogP contribution in [0.1, 0.15) is 37.0 Å². The molecule has 2 saturated heterocycles. The molecule has 0 aliphatic carbocycles. The molecule has 3 amide bonds. The maximum absolute atomic E-state index is 13.2. The van der Waals surface area contributed by atoms with E-state index in [-0.39, 0.29) is 41.3 Å². The second kappa shape index (κ2) is 16.6. The molecule has 4 aromatic rings. The second-order valence-corrected chi connectivity index (χ2v) is 16.5. The number of hydrogen-bond donors (Lipinski definition) is 0. The molecule has 0 aromatic heterocycles. The number of benzene rings is 4. The Balaban J connectivity index is 0.000000216. The number of carbonyl (C=O) groups is 3. The Kier molecular flexibility index (Phi) is 12.4. The Morgan fingerprint density at radius 3 is 1.94 bits per heavy atom. The van der Waals surface area contributed by atoms with Crippen molar-refractivity contribution in [1.82, 2.24) is 9.21 Å². The van der Waals surface area contributed by atoms with Crippen LogP contribution >= 0.6 is 11.6 Å². The number of hydrogen-bond acceptors (Lipinski definition) is 9. The number of carbonyl (C=O) groups excluding carboxylic acids is 3. The number of rotatable bonds is 10. The lowest BCUT2D eigenvalue weighted by atomic mass is 10.2. The van der Waals surface area contributed by atoms with Crippen LogP contribution in [0, 0.1) is 13.8 Å². The van der Waals surface area contributed by atoms with E-state index in [1.807, 2.05) is 44.2 Å². The highest BCUT2D eigenvalue weighted by Gasteiger charge is 2.47. The van der Waals surface area contributed by atoms with Crippen molar-refractivity contribution in [2.75, 3.05) is 18.1 Å². The van der Waals surface area contributed by atoms with E-state index in [1.54, 1.807) is 67.3 Å². The first-order valence-electron chi connectivity index (χ1n) is 16.8. The van der Waals surface area contributed by atoms with Crippen molar-refractivity contribution in [1.29, 1.82) is 0 Å². The van der Waals surface area contributed by atoms with Crippen molar-refractivity contribution in [2.45, 2.75) is 68.6 Å². The van der Waals surface area contributed by atoms with E-state index >= 15 is 0 Å². The zero-order valence-electron chi connectivity index (χ0n) is 29.6. The number of esters is 1. The van der Waals surface area contributed by atoms with Gasteiger partial charge in [0.1, 0.15) is 12.1 Å². The van der Waals surface area contributed by atoms with Crippen molar-refractivity contribution in [3.8, 4) is 0 Å². The summed E-state index contributed by atoms with van der Waals surface area (Å²) < 4.78 is 63.0. The largest absolute Gasteiger partial charge is 0.465 e. The van der Waals surface area contributed by atoms with E-state index in [2.05, 4.69) is 0 Å². The minimum absolute atomic E-state index is 0.00874. The minimum Gasteiger partial charge on any atom is -0.465 e. The van der Waals surface area contributed by atoms with Gasteiger partial charge in [0.2, 0.25) is 10.0 Å². The molecule has 0 radical (unpaired) electrons. The third-order valence-corrected chi connectivity index (χ3v) is 12.3. The molecule has 2 aliphatic heterocycles. The van der Waals surface area contributed by atoms with Crippen LogP contribution in [0.4, 0.5) is 10.5 Å². The van der Waals surface area contributed by atoms with Gasteiger partial charge >= 0.3 is 12.0 Å². The number of halogens is 1. The van der Waals surface area contributed by atoms with Crippen LogP contribution < -0.4 is 4.90 Å². The summed E-state index contributed by atoms with van der Waals surface area (Å²) in [7, 11) is -8.20. The van der Waals surface area contributed by atoms with Crippen molar-refractivity contribution in [3.63, 3.8) is 0 Å². The monoisotopic (exact) mass is 781 g/mol. The van der Waals surface area contributed by atoms with E-state index in [0.29, 0.717) is 17.3 Å². The zero-order chi connectivity index (χ0) is 38.5. The van der Waals surface area contributed by atoms with Gasteiger partial charge in [-0.05, 0) is 81.8 Å². The SMILES string of the molecule is CC1C(=O)N(c2ccc(Cl)cc2)C(=O)N1Cc1ccccc1.CCOC(=O)[C@H]1CC(OS(=O)(=O)c2ccc(C)cc2)CN1S(=O)(=O)c1ccc(C)cc1. The van der Waals surface area contributed by atoms with Gasteiger partial charge in [0.25, 0.3) is 16.0 Å². The molecule has 15 heteroatoms. The molecule has 6 rings (SSSR count). The zero-order valence-corrected chi connectivity index (χ0v) is 32.0. The number of urea groups is 1. The number of nitrogens with zero attached hydrogens (tertiary/aromatic N) is 3. The molecular formula is C38H40ClN3O9S2. The van der Waals surface area contributed by atoms with Crippen LogP contribution in [0.2, 0.25) is 5.02 Å². The molecule has 3 atom stereocenters. The average Bonchev–Trinajstić information content (AvgIpc) is 3.64. The Morgan fingerprint density at radius 2 is 1.38 bits per heavy atom. The molecule has 2 fully saturated rings. The molecule has 0 spiro atoms. The number of imide groups is 1. The van der Waals surface area contributed by atoms with Crippen molar-refractivity contribution >= 4 is 55.3 Å².